The third-order valence-electron chi connectivity index (χ3n) is 4.62. The van der Waals surface area contributed by atoms with Crippen LogP contribution in [0, 0.1) is 0 Å². The summed E-state index contributed by atoms with van der Waals surface area (Å²) in [6.45, 7) is 1.19. The number of benzene rings is 2. The highest BCUT2D eigenvalue weighted by Gasteiger charge is 2.27. The zero-order valence-electron chi connectivity index (χ0n) is 15.2. The number of ether oxygens (including phenoxy) is 1. The Labute approximate surface area is 173 Å². The molecule has 0 saturated carbocycles. The first-order chi connectivity index (χ1) is 13.5. The number of para-hydroxylation sites is 1. The average molecular weight is 412 g/mol. The lowest BCUT2D eigenvalue weighted by Crippen LogP contribution is -2.25. The molecule has 1 aromatic heterocycles. The van der Waals surface area contributed by atoms with Crippen molar-refractivity contribution in [2.45, 2.75) is 6.54 Å². The zero-order valence-corrected chi connectivity index (χ0v) is 16.8. The molecule has 0 radical (unpaired) electrons. The van der Waals surface area contributed by atoms with Crippen molar-refractivity contribution in [2.75, 3.05) is 13.7 Å². The number of aromatic nitrogens is 1. The maximum Gasteiger partial charge on any atom is 0.276 e. The minimum atomic E-state index is -0.132. The van der Waals surface area contributed by atoms with Gasteiger partial charge in [-0.1, -0.05) is 29.8 Å². The SMILES string of the molecule is CN1C(=O)/C(=C/c2cn(CCOc3ccc(Cl)cc3)c3ccccc23)NC1=S. The average Bonchev–Trinajstić information content (AvgIpc) is 3.16. The molecule has 142 valence electrons. The number of thiocarbonyl (C=S) groups is 1. The Morgan fingerprint density at radius 3 is 2.64 bits per heavy atom. The largest absolute Gasteiger partial charge is 0.492 e. The molecule has 7 heteroatoms. The summed E-state index contributed by atoms with van der Waals surface area (Å²) in [6.07, 6.45) is 3.87. The summed E-state index contributed by atoms with van der Waals surface area (Å²) in [5.41, 5.74) is 2.51. The Morgan fingerprint density at radius 1 is 1.18 bits per heavy atom. The smallest absolute Gasteiger partial charge is 0.276 e. The van der Waals surface area contributed by atoms with Crippen molar-refractivity contribution in [1.29, 1.82) is 0 Å². The molecule has 1 saturated heterocycles. The number of likely N-dealkylation sites (N-methyl/N-ethyl adjacent to an activating group) is 1. The fourth-order valence-electron chi connectivity index (χ4n) is 3.15. The second-order valence-electron chi connectivity index (χ2n) is 6.45. The Balaban J connectivity index is 1.57. The van der Waals surface area contributed by atoms with E-state index in [9.17, 15) is 4.79 Å². The molecule has 1 aliphatic rings. The van der Waals surface area contributed by atoms with Crippen LogP contribution in [0.25, 0.3) is 17.0 Å². The highest BCUT2D eigenvalue weighted by Crippen LogP contribution is 2.25. The number of hydrogen-bond acceptors (Lipinski definition) is 3. The van der Waals surface area contributed by atoms with E-state index in [4.69, 9.17) is 28.6 Å². The number of carbonyl (C=O) groups is 1. The van der Waals surface area contributed by atoms with Crippen molar-refractivity contribution in [2.24, 2.45) is 0 Å². The molecule has 1 fully saturated rings. The zero-order chi connectivity index (χ0) is 19.7. The molecule has 0 atom stereocenters. The summed E-state index contributed by atoms with van der Waals surface area (Å²) in [7, 11) is 1.66. The Hall–Kier alpha value is -2.83. The van der Waals surface area contributed by atoms with E-state index in [2.05, 4.69) is 16.0 Å². The standard InChI is InChI=1S/C21H18ClN3O2S/c1-24-20(26)18(23-21(24)28)12-14-13-25(19-5-3-2-4-17(14)19)10-11-27-16-8-6-15(22)7-9-16/h2-9,12-13H,10-11H2,1H3,(H,23,28)/b18-12-. The molecule has 3 aromatic rings. The molecule has 0 bridgehead atoms. The summed E-state index contributed by atoms with van der Waals surface area (Å²) >= 11 is 11.1. The lowest BCUT2D eigenvalue weighted by atomic mass is 10.1. The summed E-state index contributed by atoms with van der Waals surface area (Å²) in [6, 6.07) is 15.4. The van der Waals surface area contributed by atoms with E-state index >= 15 is 0 Å². The summed E-state index contributed by atoms with van der Waals surface area (Å²) in [5, 5.41) is 5.13. The molecule has 2 aromatic carbocycles. The summed E-state index contributed by atoms with van der Waals surface area (Å²) in [4.78, 5) is 13.7. The molecule has 0 spiro atoms. The fourth-order valence-corrected chi connectivity index (χ4v) is 3.47. The predicted molar refractivity (Wildman–Crippen MR) is 115 cm³/mol. The summed E-state index contributed by atoms with van der Waals surface area (Å²) in [5.74, 6) is 0.647. The highest BCUT2D eigenvalue weighted by molar-refractivity contribution is 7.80. The van der Waals surface area contributed by atoms with Crippen LogP contribution >= 0.6 is 23.8 Å². The highest BCUT2D eigenvalue weighted by atomic mass is 35.5. The number of hydrogen-bond donors (Lipinski definition) is 1. The van der Waals surface area contributed by atoms with Crippen molar-refractivity contribution in [1.82, 2.24) is 14.8 Å². The van der Waals surface area contributed by atoms with E-state index in [-0.39, 0.29) is 5.91 Å². The topological polar surface area (TPSA) is 46.5 Å². The van der Waals surface area contributed by atoms with Crippen LogP contribution in [0.1, 0.15) is 5.56 Å². The van der Waals surface area contributed by atoms with Crippen molar-refractivity contribution in [3.63, 3.8) is 0 Å². The van der Waals surface area contributed by atoms with Crippen LogP contribution in [0.15, 0.2) is 60.4 Å². The second kappa shape index (κ2) is 7.66. The molecular formula is C21H18ClN3O2S. The molecule has 28 heavy (non-hydrogen) atoms. The first kappa shape index (κ1) is 18.5. The Bertz CT molecular complexity index is 1090. The van der Waals surface area contributed by atoms with Gasteiger partial charge in [0.25, 0.3) is 5.91 Å². The van der Waals surface area contributed by atoms with Gasteiger partial charge in [-0.3, -0.25) is 9.69 Å². The number of amides is 1. The normalized spacial score (nSPS) is 15.5. The minimum Gasteiger partial charge on any atom is -0.492 e. The van der Waals surface area contributed by atoms with Gasteiger partial charge < -0.3 is 14.6 Å². The molecule has 0 unspecified atom stereocenters. The first-order valence-corrected chi connectivity index (χ1v) is 9.58. The van der Waals surface area contributed by atoms with Crippen LogP contribution in [-0.4, -0.2) is 34.1 Å². The van der Waals surface area contributed by atoms with E-state index in [0.717, 1.165) is 22.2 Å². The van der Waals surface area contributed by atoms with E-state index in [1.807, 2.05) is 42.6 Å². The van der Waals surface area contributed by atoms with Gasteiger partial charge in [-0.15, -0.1) is 0 Å². The maximum absolute atomic E-state index is 12.3. The van der Waals surface area contributed by atoms with E-state index in [1.165, 1.54) is 4.90 Å². The van der Waals surface area contributed by atoms with Crippen molar-refractivity contribution in [3.05, 3.63) is 71.0 Å². The van der Waals surface area contributed by atoms with Gasteiger partial charge in [0.05, 0.1) is 6.54 Å². The van der Waals surface area contributed by atoms with Crippen LogP contribution in [-0.2, 0) is 11.3 Å². The molecule has 2 heterocycles. The van der Waals surface area contributed by atoms with Crippen LogP contribution in [0.5, 0.6) is 5.75 Å². The maximum atomic E-state index is 12.3. The molecule has 1 amide bonds. The number of fused-ring (bicyclic) bond motifs is 1. The lowest BCUT2D eigenvalue weighted by molar-refractivity contribution is -0.121. The van der Waals surface area contributed by atoms with E-state index < -0.39 is 0 Å². The van der Waals surface area contributed by atoms with Crippen LogP contribution in [0.4, 0.5) is 0 Å². The predicted octanol–water partition coefficient (Wildman–Crippen LogP) is 4.06. The molecule has 1 N–H and O–H groups in total. The van der Waals surface area contributed by atoms with Gasteiger partial charge in [0.15, 0.2) is 5.11 Å². The van der Waals surface area contributed by atoms with E-state index in [1.54, 1.807) is 19.2 Å². The Morgan fingerprint density at radius 2 is 1.93 bits per heavy atom. The third-order valence-corrected chi connectivity index (χ3v) is 5.24. The number of carbonyl (C=O) groups excluding carboxylic acids is 1. The van der Waals surface area contributed by atoms with Crippen molar-refractivity contribution >= 4 is 51.8 Å². The summed E-state index contributed by atoms with van der Waals surface area (Å²) < 4.78 is 7.94. The minimum absolute atomic E-state index is 0.132. The molecule has 0 aliphatic carbocycles. The monoisotopic (exact) mass is 411 g/mol. The third kappa shape index (κ3) is 3.61. The van der Waals surface area contributed by atoms with Gasteiger partial charge in [0, 0.05) is 34.7 Å². The van der Waals surface area contributed by atoms with Gasteiger partial charge in [0.1, 0.15) is 18.1 Å². The van der Waals surface area contributed by atoms with Crippen LogP contribution in [0.2, 0.25) is 5.02 Å². The number of rotatable bonds is 5. The first-order valence-electron chi connectivity index (χ1n) is 8.80. The number of nitrogens with zero attached hydrogens (tertiary/aromatic N) is 2. The number of nitrogens with one attached hydrogen (secondary N) is 1. The van der Waals surface area contributed by atoms with E-state index in [0.29, 0.717) is 29.0 Å². The quantitative estimate of drug-likeness (QED) is 0.508. The molecular weight excluding hydrogens is 394 g/mol. The molecule has 5 nitrogen and oxygen atoms in total. The molecule has 4 rings (SSSR count). The number of halogens is 1. The van der Waals surface area contributed by atoms with Gasteiger partial charge in [0.2, 0.25) is 0 Å². The van der Waals surface area contributed by atoms with Gasteiger partial charge in [-0.25, -0.2) is 0 Å². The van der Waals surface area contributed by atoms with Gasteiger partial charge >= 0.3 is 0 Å². The second-order valence-corrected chi connectivity index (χ2v) is 7.27. The lowest BCUT2D eigenvalue weighted by Gasteiger charge is -2.08. The Kier molecular flexibility index (Phi) is 5.07. The van der Waals surface area contributed by atoms with Gasteiger partial charge in [-0.05, 0) is 48.6 Å². The van der Waals surface area contributed by atoms with Crippen LogP contribution < -0.4 is 10.1 Å². The van der Waals surface area contributed by atoms with Gasteiger partial charge in [-0.2, -0.15) is 0 Å². The fraction of sp³-hybridized carbons (Fsp3) is 0.143. The van der Waals surface area contributed by atoms with Crippen LogP contribution in [0.3, 0.4) is 0 Å². The van der Waals surface area contributed by atoms with Crippen molar-refractivity contribution < 1.29 is 9.53 Å². The van der Waals surface area contributed by atoms with Crippen molar-refractivity contribution in [3.8, 4) is 5.75 Å². The molecule has 1 aliphatic heterocycles.